The molecule has 8 nitrogen and oxygen atoms in total. The molecule has 2 aromatic rings. The summed E-state index contributed by atoms with van der Waals surface area (Å²) in [6, 6.07) is 5.74. The highest BCUT2D eigenvalue weighted by Crippen LogP contribution is 2.39. The molecular weight excluding hydrogens is 908 g/mol. The summed E-state index contributed by atoms with van der Waals surface area (Å²) in [6.45, 7) is 5.12. The summed E-state index contributed by atoms with van der Waals surface area (Å²) in [4.78, 5) is 53.2. The molecule has 1 aliphatic rings. The number of fused-ring (bicyclic) bond motifs is 1. The van der Waals surface area contributed by atoms with Gasteiger partial charge < -0.3 is 14.8 Å². The Balaban J connectivity index is 1.79. The SMILES string of the molecule is CCOc1ccccc1NC(=O)COC(=O)[C@@H](C(C)C)N1C(=O)c2c(I)c(I)c(I)c(I)c2C1=O. The van der Waals surface area contributed by atoms with Crippen molar-refractivity contribution < 1.29 is 28.7 Å². The summed E-state index contributed by atoms with van der Waals surface area (Å²) in [5.74, 6) is -2.39. The average molecular weight is 928 g/mol. The molecule has 0 aliphatic carbocycles. The van der Waals surface area contributed by atoms with Crippen molar-refractivity contribution in [2.75, 3.05) is 18.5 Å². The Morgan fingerprint density at radius 3 is 2.00 bits per heavy atom. The molecule has 0 saturated carbocycles. The van der Waals surface area contributed by atoms with Crippen molar-refractivity contribution in [2.45, 2.75) is 26.8 Å². The number of benzene rings is 2. The first-order valence-corrected chi connectivity index (χ1v) is 14.7. The Hall–Kier alpha value is -0.760. The zero-order valence-corrected chi connectivity index (χ0v) is 27.4. The van der Waals surface area contributed by atoms with Crippen LogP contribution in [0.15, 0.2) is 24.3 Å². The highest BCUT2D eigenvalue weighted by molar-refractivity contribution is 14.1. The summed E-state index contributed by atoms with van der Waals surface area (Å²) in [5.41, 5.74) is 1.05. The zero-order valence-electron chi connectivity index (χ0n) is 18.8. The van der Waals surface area contributed by atoms with E-state index >= 15 is 0 Å². The molecule has 0 spiro atoms. The Kier molecular flexibility index (Phi) is 10.0. The first kappa shape index (κ1) is 28.8. The van der Waals surface area contributed by atoms with Crippen molar-refractivity contribution in [1.29, 1.82) is 0 Å². The minimum absolute atomic E-state index is 0.300. The normalized spacial score (nSPS) is 13.7. The van der Waals surface area contributed by atoms with Gasteiger partial charge in [0, 0.05) is 14.3 Å². The van der Waals surface area contributed by atoms with Gasteiger partial charge in [0.15, 0.2) is 6.61 Å². The lowest BCUT2D eigenvalue weighted by Gasteiger charge is -2.27. The van der Waals surface area contributed by atoms with E-state index < -0.39 is 42.3 Å². The van der Waals surface area contributed by atoms with Gasteiger partial charge in [0.05, 0.1) is 23.4 Å². The third-order valence-corrected chi connectivity index (χ3v) is 12.5. The molecule has 1 N–H and O–H groups in total. The van der Waals surface area contributed by atoms with Crippen LogP contribution >= 0.6 is 90.4 Å². The second-order valence-corrected chi connectivity index (χ2v) is 12.1. The smallest absolute Gasteiger partial charge is 0.330 e. The van der Waals surface area contributed by atoms with Gasteiger partial charge in [-0.15, -0.1) is 0 Å². The van der Waals surface area contributed by atoms with Gasteiger partial charge in [-0.1, -0.05) is 26.0 Å². The number of rotatable bonds is 8. The lowest BCUT2D eigenvalue weighted by Crippen LogP contribution is -2.49. The number of para-hydroxylation sites is 2. The molecule has 3 amide bonds. The van der Waals surface area contributed by atoms with Gasteiger partial charge in [0.1, 0.15) is 11.8 Å². The molecule has 1 aliphatic heterocycles. The van der Waals surface area contributed by atoms with Crippen molar-refractivity contribution >= 4 is 120 Å². The number of hydrogen-bond acceptors (Lipinski definition) is 6. The van der Waals surface area contributed by atoms with Crippen LogP contribution < -0.4 is 10.1 Å². The molecule has 0 fully saturated rings. The first-order valence-electron chi connectivity index (χ1n) is 10.4. The van der Waals surface area contributed by atoms with Crippen molar-refractivity contribution in [3.8, 4) is 5.75 Å². The molecular formula is C23H20I4N2O6. The molecule has 35 heavy (non-hydrogen) atoms. The molecule has 3 rings (SSSR count). The number of amides is 3. The van der Waals surface area contributed by atoms with Crippen molar-refractivity contribution in [2.24, 2.45) is 5.92 Å². The summed E-state index contributed by atoms with van der Waals surface area (Å²) in [5, 5.41) is 2.66. The van der Waals surface area contributed by atoms with E-state index in [2.05, 4.69) is 95.7 Å². The number of carbonyl (C=O) groups is 4. The molecule has 2 aromatic carbocycles. The van der Waals surface area contributed by atoms with Gasteiger partial charge >= 0.3 is 5.97 Å². The number of halogens is 4. The van der Waals surface area contributed by atoms with Crippen LogP contribution in [0.2, 0.25) is 0 Å². The highest BCUT2D eigenvalue weighted by Gasteiger charge is 2.47. The zero-order chi connectivity index (χ0) is 26.0. The standard InChI is InChI=1S/C23H20I4N2O6/c1-4-34-12-8-6-5-7-11(12)28-13(30)9-35-23(33)20(10(2)3)29-21(31)14-15(22(29)32)17(25)19(27)18(26)16(14)24/h5-8,10,20H,4,9H2,1-3H3,(H,28,30)/t20-/m1/s1. The summed E-state index contributed by atoms with van der Waals surface area (Å²) < 4.78 is 13.9. The Morgan fingerprint density at radius 1 is 0.943 bits per heavy atom. The Labute approximate surface area is 257 Å². The maximum absolute atomic E-state index is 13.4. The Bertz CT molecular complexity index is 1170. The van der Waals surface area contributed by atoms with E-state index in [1.807, 2.05) is 6.92 Å². The molecule has 1 heterocycles. The molecule has 0 unspecified atom stereocenters. The number of nitrogens with zero attached hydrogens (tertiary/aromatic N) is 1. The Morgan fingerprint density at radius 2 is 1.49 bits per heavy atom. The first-order chi connectivity index (χ1) is 16.5. The lowest BCUT2D eigenvalue weighted by atomic mass is 10.0. The molecule has 186 valence electrons. The molecule has 0 saturated heterocycles. The van der Waals surface area contributed by atoms with Crippen LogP contribution in [0, 0.1) is 20.2 Å². The van der Waals surface area contributed by atoms with E-state index in [1.54, 1.807) is 38.1 Å². The van der Waals surface area contributed by atoms with E-state index in [0.29, 0.717) is 36.3 Å². The van der Waals surface area contributed by atoms with Gasteiger partial charge in [0.2, 0.25) is 0 Å². The van der Waals surface area contributed by atoms with Crippen LogP contribution in [0.25, 0.3) is 0 Å². The van der Waals surface area contributed by atoms with Crippen LogP contribution in [-0.2, 0) is 14.3 Å². The molecule has 12 heteroatoms. The minimum atomic E-state index is -1.17. The van der Waals surface area contributed by atoms with Gasteiger partial charge in [-0.2, -0.15) is 0 Å². The third kappa shape index (κ3) is 5.89. The van der Waals surface area contributed by atoms with E-state index in [0.717, 1.165) is 12.0 Å². The summed E-state index contributed by atoms with van der Waals surface area (Å²) in [7, 11) is 0. The monoisotopic (exact) mass is 928 g/mol. The molecule has 0 aromatic heterocycles. The van der Waals surface area contributed by atoms with Gasteiger partial charge in [-0.3, -0.25) is 19.3 Å². The predicted octanol–water partition coefficient (Wildman–Crippen LogP) is 5.31. The quantitative estimate of drug-likeness (QED) is 0.127. The maximum Gasteiger partial charge on any atom is 0.330 e. The fraction of sp³-hybridized carbons (Fsp3) is 0.304. The van der Waals surface area contributed by atoms with Gasteiger partial charge in [0.25, 0.3) is 17.7 Å². The fourth-order valence-corrected chi connectivity index (χ4v) is 7.21. The minimum Gasteiger partial charge on any atom is -0.492 e. The summed E-state index contributed by atoms with van der Waals surface area (Å²) >= 11 is 8.40. The average Bonchev–Trinajstić information content (AvgIpc) is 3.06. The molecule has 0 radical (unpaired) electrons. The number of hydrogen-bond donors (Lipinski definition) is 1. The summed E-state index contributed by atoms with van der Waals surface area (Å²) in [6.07, 6.45) is 0. The van der Waals surface area contributed by atoms with E-state index in [9.17, 15) is 19.2 Å². The van der Waals surface area contributed by atoms with Crippen molar-refractivity contribution in [3.63, 3.8) is 0 Å². The third-order valence-electron chi connectivity index (χ3n) is 5.09. The van der Waals surface area contributed by atoms with Crippen LogP contribution in [0.3, 0.4) is 0 Å². The van der Waals surface area contributed by atoms with E-state index in [-0.39, 0.29) is 0 Å². The number of esters is 1. The van der Waals surface area contributed by atoms with Gasteiger partial charge in [-0.25, -0.2) is 4.79 Å². The highest BCUT2D eigenvalue weighted by atomic mass is 127. The van der Waals surface area contributed by atoms with Crippen molar-refractivity contribution in [1.82, 2.24) is 4.90 Å². The number of ether oxygens (including phenoxy) is 2. The second-order valence-electron chi connectivity index (χ2n) is 7.76. The second kappa shape index (κ2) is 12.2. The van der Waals surface area contributed by atoms with Crippen LogP contribution in [0.1, 0.15) is 41.5 Å². The largest absolute Gasteiger partial charge is 0.492 e. The number of carbonyl (C=O) groups excluding carboxylic acids is 4. The van der Waals surface area contributed by atoms with Crippen LogP contribution in [0.5, 0.6) is 5.75 Å². The van der Waals surface area contributed by atoms with Crippen molar-refractivity contribution in [3.05, 3.63) is 49.7 Å². The van der Waals surface area contributed by atoms with E-state index in [1.165, 1.54) is 0 Å². The fourth-order valence-electron chi connectivity index (χ4n) is 3.55. The molecule has 0 bridgehead atoms. The maximum atomic E-state index is 13.4. The van der Waals surface area contributed by atoms with Gasteiger partial charge in [-0.05, 0) is 115 Å². The van der Waals surface area contributed by atoms with Crippen LogP contribution in [-0.4, -0.2) is 47.8 Å². The topological polar surface area (TPSA) is 102 Å². The van der Waals surface area contributed by atoms with Crippen LogP contribution in [0.4, 0.5) is 5.69 Å². The predicted molar refractivity (Wildman–Crippen MR) is 164 cm³/mol. The lowest BCUT2D eigenvalue weighted by molar-refractivity contribution is -0.152. The number of nitrogens with one attached hydrogen (secondary N) is 1. The number of anilines is 1. The van der Waals surface area contributed by atoms with E-state index in [4.69, 9.17) is 9.47 Å². The number of imide groups is 1. The molecule has 1 atom stereocenters.